The van der Waals surface area contributed by atoms with Gasteiger partial charge in [0.15, 0.2) is 5.69 Å². The first-order valence-corrected chi connectivity index (χ1v) is 12.1. The highest BCUT2D eigenvalue weighted by atomic mass is 16.3. The fourth-order valence-electron chi connectivity index (χ4n) is 6.18. The molecular formula is C24H26N6O5. The zero-order valence-corrected chi connectivity index (χ0v) is 19.1. The fraction of sp³-hybridized carbons (Fsp3) is 0.500. The number of hydrogen-bond donors (Lipinski definition) is 2. The second-order valence-corrected chi connectivity index (χ2v) is 9.85. The van der Waals surface area contributed by atoms with Gasteiger partial charge in [-0.1, -0.05) is 11.6 Å². The van der Waals surface area contributed by atoms with Crippen molar-refractivity contribution in [1.29, 1.82) is 0 Å². The van der Waals surface area contributed by atoms with Crippen LogP contribution in [0.4, 0.5) is 0 Å². The normalized spacial score (nSPS) is 27.9. The van der Waals surface area contributed by atoms with Crippen LogP contribution in [-0.2, 0) is 16.1 Å². The standard InChI is InChI=1S/C24H26N6O5/c31-12-17-13-2-1-3-19(17)28(9-13)24(35)18-11-30(27-26-18)15-4-5-16-14(8-15)10-29(23(16)34)20-6-7-21(32)25-22(20)33/h4-5,8,11,13,17,19-20,31H,1-3,6-7,9-10,12H2,(H,25,32,33). The van der Waals surface area contributed by atoms with Gasteiger partial charge in [-0.15, -0.1) is 5.10 Å². The van der Waals surface area contributed by atoms with Crippen LogP contribution in [0.3, 0.4) is 0 Å². The molecule has 4 atom stereocenters. The van der Waals surface area contributed by atoms with E-state index in [0.29, 0.717) is 30.1 Å². The summed E-state index contributed by atoms with van der Waals surface area (Å²) in [5, 5.41) is 20.3. The van der Waals surface area contributed by atoms with Crippen molar-refractivity contribution in [3.05, 3.63) is 41.2 Å². The number of piperidine rings is 1. The smallest absolute Gasteiger partial charge is 0.276 e. The van der Waals surface area contributed by atoms with Gasteiger partial charge in [-0.05, 0) is 48.9 Å². The number of amides is 4. The largest absolute Gasteiger partial charge is 0.396 e. The van der Waals surface area contributed by atoms with Crippen LogP contribution in [0.1, 0.15) is 58.5 Å². The van der Waals surface area contributed by atoms with E-state index in [0.717, 1.165) is 24.8 Å². The number of likely N-dealkylation sites (tertiary alicyclic amines) is 1. The number of imide groups is 1. The molecule has 1 aromatic heterocycles. The third-order valence-corrected chi connectivity index (χ3v) is 7.96. The quantitative estimate of drug-likeness (QED) is 0.601. The molecule has 35 heavy (non-hydrogen) atoms. The first-order valence-electron chi connectivity index (χ1n) is 12.1. The summed E-state index contributed by atoms with van der Waals surface area (Å²) in [6.07, 6.45) is 5.09. The third kappa shape index (κ3) is 3.53. The molecule has 2 saturated heterocycles. The highest BCUT2D eigenvalue weighted by Gasteiger charge is 2.46. The van der Waals surface area contributed by atoms with E-state index >= 15 is 0 Å². The molecule has 4 heterocycles. The van der Waals surface area contributed by atoms with Crippen molar-refractivity contribution in [2.45, 2.75) is 50.7 Å². The van der Waals surface area contributed by atoms with Gasteiger partial charge in [0.2, 0.25) is 11.8 Å². The second-order valence-electron chi connectivity index (χ2n) is 9.85. The van der Waals surface area contributed by atoms with Crippen LogP contribution in [0.15, 0.2) is 24.4 Å². The number of hydrogen-bond acceptors (Lipinski definition) is 7. The van der Waals surface area contributed by atoms with Gasteiger partial charge in [0.1, 0.15) is 6.04 Å². The van der Waals surface area contributed by atoms with Crippen molar-refractivity contribution in [2.75, 3.05) is 13.2 Å². The molecule has 3 fully saturated rings. The summed E-state index contributed by atoms with van der Waals surface area (Å²) in [4.78, 5) is 53.2. The van der Waals surface area contributed by atoms with Gasteiger partial charge in [-0.3, -0.25) is 24.5 Å². The Balaban J connectivity index is 1.21. The molecule has 2 N–H and O–H groups in total. The Morgan fingerprint density at radius 3 is 2.80 bits per heavy atom. The number of carbonyl (C=O) groups excluding carboxylic acids is 4. The van der Waals surface area contributed by atoms with E-state index in [9.17, 15) is 24.3 Å². The number of rotatable bonds is 4. The Kier molecular flexibility index (Phi) is 5.17. The molecular weight excluding hydrogens is 452 g/mol. The molecule has 1 aromatic carbocycles. The number of carbonyl (C=O) groups is 4. The molecule has 0 radical (unpaired) electrons. The summed E-state index contributed by atoms with van der Waals surface area (Å²) in [6, 6.07) is 4.61. The molecule has 182 valence electrons. The fourth-order valence-corrected chi connectivity index (χ4v) is 6.18. The van der Waals surface area contributed by atoms with Crippen LogP contribution in [0.5, 0.6) is 0 Å². The average molecular weight is 479 g/mol. The van der Waals surface area contributed by atoms with Crippen LogP contribution in [0.2, 0.25) is 0 Å². The van der Waals surface area contributed by atoms with Crippen molar-refractivity contribution in [3.8, 4) is 5.69 Å². The van der Waals surface area contributed by atoms with Crippen LogP contribution < -0.4 is 5.32 Å². The van der Waals surface area contributed by atoms with Gasteiger partial charge >= 0.3 is 0 Å². The summed E-state index contributed by atoms with van der Waals surface area (Å²) in [5.74, 6) is -0.724. The first-order chi connectivity index (χ1) is 16.9. The van der Waals surface area contributed by atoms with Gasteiger partial charge < -0.3 is 14.9 Å². The van der Waals surface area contributed by atoms with Crippen molar-refractivity contribution >= 4 is 23.6 Å². The van der Waals surface area contributed by atoms with Gasteiger partial charge in [0, 0.05) is 43.6 Å². The SMILES string of the molecule is O=C1CCC(N2Cc3cc(-n4cc(C(=O)N5CC6CCCC5C6CO)nn4)ccc3C2=O)C(=O)N1. The molecule has 1 saturated carbocycles. The van der Waals surface area contributed by atoms with Crippen LogP contribution in [-0.4, -0.2) is 78.8 Å². The maximum atomic E-state index is 13.2. The summed E-state index contributed by atoms with van der Waals surface area (Å²) in [6.45, 7) is 0.988. The van der Waals surface area contributed by atoms with Crippen molar-refractivity contribution in [3.63, 3.8) is 0 Å². The molecule has 11 heteroatoms. The highest BCUT2D eigenvalue weighted by molar-refractivity contribution is 6.05. The highest BCUT2D eigenvalue weighted by Crippen LogP contribution is 2.40. The Hall–Kier alpha value is -3.60. The van der Waals surface area contributed by atoms with Crippen molar-refractivity contribution < 1.29 is 24.3 Å². The van der Waals surface area contributed by atoms with Crippen LogP contribution in [0, 0.1) is 11.8 Å². The van der Waals surface area contributed by atoms with Crippen molar-refractivity contribution in [2.24, 2.45) is 11.8 Å². The molecule has 4 unspecified atom stereocenters. The second kappa shape index (κ2) is 8.26. The average Bonchev–Trinajstić information content (AvgIpc) is 3.52. The predicted octanol–water partition coefficient (Wildman–Crippen LogP) is 0.261. The summed E-state index contributed by atoms with van der Waals surface area (Å²) in [5.41, 5.74) is 2.16. The Morgan fingerprint density at radius 2 is 2.03 bits per heavy atom. The Labute approximate surface area is 201 Å². The van der Waals surface area contributed by atoms with Gasteiger partial charge in [0.05, 0.1) is 11.9 Å². The number of benzene rings is 1. The third-order valence-electron chi connectivity index (χ3n) is 7.96. The minimum Gasteiger partial charge on any atom is -0.396 e. The lowest BCUT2D eigenvalue weighted by atomic mass is 9.80. The van der Waals surface area contributed by atoms with E-state index in [4.69, 9.17) is 0 Å². The maximum absolute atomic E-state index is 13.2. The zero-order chi connectivity index (χ0) is 24.3. The van der Waals surface area contributed by atoms with Gasteiger partial charge in [0.25, 0.3) is 11.8 Å². The molecule has 0 spiro atoms. The van der Waals surface area contributed by atoms with E-state index in [1.54, 1.807) is 18.3 Å². The summed E-state index contributed by atoms with van der Waals surface area (Å²) >= 11 is 0. The first kappa shape index (κ1) is 21.9. The molecule has 4 amide bonds. The van der Waals surface area contributed by atoms with Crippen LogP contribution in [0.25, 0.3) is 5.69 Å². The Morgan fingerprint density at radius 1 is 1.17 bits per heavy atom. The minimum absolute atomic E-state index is 0.0423. The van der Waals surface area contributed by atoms with Gasteiger partial charge in [-0.25, -0.2) is 4.68 Å². The predicted molar refractivity (Wildman–Crippen MR) is 120 cm³/mol. The molecule has 2 aromatic rings. The van der Waals surface area contributed by atoms with E-state index in [1.165, 1.54) is 9.58 Å². The molecule has 4 aliphatic rings. The van der Waals surface area contributed by atoms with E-state index in [2.05, 4.69) is 15.6 Å². The maximum Gasteiger partial charge on any atom is 0.276 e. The number of aliphatic hydroxyl groups excluding tert-OH is 1. The lowest BCUT2D eigenvalue weighted by Gasteiger charge is -2.30. The molecule has 1 aliphatic carbocycles. The summed E-state index contributed by atoms with van der Waals surface area (Å²) < 4.78 is 1.51. The molecule has 3 aliphatic heterocycles. The minimum atomic E-state index is -0.672. The van der Waals surface area contributed by atoms with E-state index in [1.807, 2.05) is 11.0 Å². The number of nitrogens with one attached hydrogen (secondary N) is 1. The Bertz CT molecular complexity index is 1240. The van der Waals surface area contributed by atoms with E-state index in [-0.39, 0.29) is 54.9 Å². The van der Waals surface area contributed by atoms with E-state index < -0.39 is 11.9 Å². The van der Waals surface area contributed by atoms with Gasteiger partial charge in [-0.2, -0.15) is 0 Å². The summed E-state index contributed by atoms with van der Waals surface area (Å²) in [7, 11) is 0. The number of nitrogens with zero attached hydrogens (tertiary/aromatic N) is 5. The molecule has 11 nitrogen and oxygen atoms in total. The monoisotopic (exact) mass is 478 g/mol. The lowest BCUT2D eigenvalue weighted by Crippen LogP contribution is -2.52. The number of fused-ring (bicyclic) bond motifs is 3. The molecule has 2 bridgehead atoms. The number of aromatic nitrogens is 3. The van der Waals surface area contributed by atoms with Crippen molar-refractivity contribution in [1.82, 2.24) is 30.1 Å². The topological polar surface area (TPSA) is 138 Å². The zero-order valence-electron chi connectivity index (χ0n) is 19.1. The molecule has 6 rings (SSSR count). The van der Waals surface area contributed by atoms with Crippen LogP contribution >= 0.6 is 0 Å². The lowest BCUT2D eigenvalue weighted by molar-refractivity contribution is -0.136. The number of aliphatic hydroxyl groups is 1.